The first-order valence-electron chi connectivity index (χ1n) is 6.20. The van der Waals surface area contributed by atoms with E-state index in [2.05, 4.69) is 24.0 Å². The van der Waals surface area contributed by atoms with Crippen LogP contribution in [0.2, 0.25) is 0 Å². The minimum absolute atomic E-state index is 0.649. The van der Waals surface area contributed by atoms with Gasteiger partial charge in [0.25, 0.3) is 0 Å². The van der Waals surface area contributed by atoms with Crippen molar-refractivity contribution in [1.29, 1.82) is 0 Å². The van der Waals surface area contributed by atoms with Gasteiger partial charge < -0.3 is 10.5 Å². The highest BCUT2D eigenvalue weighted by molar-refractivity contribution is 8.01. The molecule has 1 heterocycles. The molecular weight excluding hydrogens is 276 g/mol. The third kappa shape index (κ3) is 4.44. The molecule has 2 N–H and O–H groups in total. The fourth-order valence-corrected chi connectivity index (χ4v) is 3.67. The first kappa shape index (κ1) is 14.2. The van der Waals surface area contributed by atoms with E-state index in [1.165, 1.54) is 9.77 Å². The molecule has 0 aliphatic heterocycles. The Morgan fingerprint density at radius 1 is 1.37 bits per heavy atom. The smallest absolute Gasteiger partial charge is 0.181 e. The van der Waals surface area contributed by atoms with E-state index in [4.69, 9.17) is 10.5 Å². The Hall–Kier alpha value is -1.20. The fraction of sp³-hybridized carbons (Fsp3) is 0.357. The summed E-state index contributed by atoms with van der Waals surface area (Å²) in [6.07, 6.45) is 1.01. The molecule has 0 saturated heterocycles. The Morgan fingerprint density at radius 3 is 2.89 bits per heavy atom. The van der Waals surface area contributed by atoms with Gasteiger partial charge in [0.15, 0.2) is 5.13 Å². The van der Waals surface area contributed by atoms with Crippen LogP contribution >= 0.6 is 23.1 Å². The van der Waals surface area contributed by atoms with Gasteiger partial charge in [-0.05, 0) is 38.0 Å². The van der Waals surface area contributed by atoms with E-state index in [0.29, 0.717) is 5.13 Å². The number of thioether (sulfide) groups is 1. The third-order valence-electron chi connectivity index (χ3n) is 2.55. The number of nitrogen functional groups attached to an aromatic ring is 1. The Morgan fingerprint density at radius 2 is 2.21 bits per heavy atom. The molecule has 0 aliphatic rings. The molecule has 0 aliphatic carbocycles. The lowest BCUT2D eigenvalue weighted by molar-refractivity contribution is 0.318. The molecule has 0 fully saturated rings. The molecule has 102 valence electrons. The summed E-state index contributed by atoms with van der Waals surface area (Å²) in [4.78, 5) is 4.21. The number of aryl methyl sites for hydroxylation is 2. The van der Waals surface area contributed by atoms with Crippen LogP contribution in [0, 0.1) is 13.8 Å². The van der Waals surface area contributed by atoms with Crippen LogP contribution in [-0.4, -0.2) is 17.3 Å². The van der Waals surface area contributed by atoms with Gasteiger partial charge in [-0.1, -0.05) is 23.5 Å². The number of hydrogen-bond acceptors (Lipinski definition) is 5. The first-order chi connectivity index (χ1) is 9.15. The number of anilines is 1. The van der Waals surface area contributed by atoms with Crippen molar-refractivity contribution in [3.05, 3.63) is 35.5 Å². The van der Waals surface area contributed by atoms with Crippen LogP contribution < -0.4 is 10.5 Å². The van der Waals surface area contributed by atoms with Gasteiger partial charge in [0.05, 0.1) is 16.5 Å². The lowest BCUT2D eigenvalue weighted by Crippen LogP contribution is -1.98. The number of nitrogens with two attached hydrogens (primary N) is 1. The van der Waals surface area contributed by atoms with E-state index >= 15 is 0 Å². The van der Waals surface area contributed by atoms with Gasteiger partial charge in [-0.3, -0.25) is 0 Å². The second kappa shape index (κ2) is 6.82. The number of aromatic nitrogens is 1. The van der Waals surface area contributed by atoms with Gasteiger partial charge >= 0.3 is 0 Å². The lowest BCUT2D eigenvalue weighted by Gasteiger charge is -2.06. The average molecular weight is 294 g/mol. The van der Waals surface area contributed by atoms with Crippen LogP contribution in [-0.2, 0) is 0 Å². The first-order valence-corrected chi connectivity index (χ1v) is 8.00. The van der Waals surface area contributed by atoms with Gasteiger partial charge in [-0.25, -0.2) is 4.98 Å². The molecule has 1 aromatic heterocycles. The van der Waals surface area contributed by atoms with E-state index in [1.807, 2.05) is 19.1 Å². The fourth-order valence-electron chi connectivity index (χ4n) is 1.66. The summed E-state index contributed by atoms with van der Waals surface area (Å²) in [7, 11) is 0. The summed E-state index contributed by atoms with van der Waals surface area (Å²) < 4.78 is 6.93. The molecule has 0 spiro atoms. The molecule has 0 radical (unpaired) electrons. The topological polar surface area (TPSA) is 48.1 Å². The zero-order valence-electron chi connectivity index (χ0n) is 11.2. The highest BCUT2D eigenvalue weighted by Gasteiger charge is 2.05. The second-order valence-corrected chi connectivity index (χ2v) is 6.69. The van der Waals surface area contributed by atoms with Gasteiger partial charge in [0.2, 0.25) is 0 Å². The van der Waals surface area contributed by atoms with E-state index in [0.717, 1.165) is 30.2 Å². The van der Waals surface area contributed by atoms with E-state index in [9.17, 15) is 0 Å². The quantitative estimate of drug-likeness (QED) is 0.648. The molecule has 1 aromatic carbocycles. The molecule has 0 amide bonds. The van der Waals surface area contributed by atoms with Crippen molar-refractivity contribution in [3.8, 4) is 5.75 Å². The molecule has 5 heteroatoms. The maximum absolute atomic E-state index is 5.71. The van der Waals surface area contributed by atoms with E-state index in [-0.39, 0.29) is 0 Å². The summed E-state index contributed by atoms with van der Waals surface area (Å²) in [6.45, 7) is 4.81. The van der Waals surface area contributed by atoms with Crippen molar-refractivity contribution in [3.63, 3.8) is 0 Å². The highest BCUT2D eigenvalue weighted by Crippen LogP contribution is 2.30. The van der Waals surface area contributed by atoms with Crippen molar-refractivity contribution in [2.45, 2.75) is 24.5 Å². The monoisotopic (exact) mass is 294 g/mol. The SMILES string of the molecule is Cc1cccc(OCCCSc2sc(N)nc2C)c1. The van der Waals surface area contributed by atoms with Crippen LogP contribution in [0.25, 0.3) is 0 Å². The van der Waals surface area contributed by atoms with E-state index in [1.54, 1.807) is 23.1 Å². The van der Waals surface area contributed by atoms with Gasteiger partial charge in [0, 0.05) is 5.75 Å². The van der Waals surface area contributed by atoms with Gasteiger partial charge in [-0.15, -0.1) is 11.8 Å². The van der Waals surface area contributed by atoms with Crippen LogP contribution in [0.1, 0.15) is 17.7 Å². The Balaban J connectivity index is 1.69. The Labute approximate surface area is 122 Å². The Kier molecular flexibility index (Phi) is 5.10. The second-order valence-electron chi connectivity index (χ2n) is 4.29. The van der Waals surface area contributed by atoms with Crippen molar-refractivity contribution in [2.24, 2.45) is 0 Å². The van der Waals surface area contributed by atoms with E-state index < -0.39 is 0 Å². The Bertz CT molecular complexity index is 540. The average Bonchev–Trinajstić information content (AvgIpc) is 2.68. The van der Waals surface area contributed by atoms with Crippen molar-refractivity contribution >= 4 is 28.2 Å². The normalized spacial score (nSPS) is 10.6. The summed E-state index contributed by atoms with van der Waals surface area (Å²) >= 11 is 3.36. The van der Waals surface area contributed by atoms with Crippen LogP contribution in [0.3, 0.4) is 0 Å². The largest absolute Gasteiger partial charge is 0.494 e. The minimum atomic E-state index is 0.649. The van der Waals surface area contributed by atoms with Crippen molar-refractivity contribution < 1.29 is 4.74 Å². The highest BCUT2D eigenvalue weighted by atomic mass is 32.2. The zero-order chi connectivity index (χ0) is 13.7. The molecule has 2 rings (SSSR count). The number of ether oxygens (including phenoxy) is 1. The molecule has 19 heavy (non-hydrogen) atoms. The molecule has 0 bridgehead atoms. The molecule has 0 saturated carbocycles. The number of thiazole rings is 1. The molecular formula is C14H18N2OS2. The summed E-state index contributed by atoms with van der Waals surface area (Å²) in [6, 6.07) is 8.14. The zero-order valence-corrected chi connectivity index (χ0v) is 12.8. The maximum Gasteiger partial charge on any atom is 0.181 e. The predicted octanol–water partition coefficient (Wildman–Crippen LogP) is 3.90. The summed E-state index contributed by atoms with van der Waals surface area (Å²) in [5.41, 5.74) is 7.93. The van der Waals surface area contributed by atoms with Crippen molar-refractivity contribution in [1.82, 2.24) is 4.98 Å². The van der Waals surface area contributed by atoms with Crippen molar-refractivity contribution in [2.75, 3.05) is 18.1 Å². The number of hydrogen-bond donors (Lipinski definition) is 1. The minimum Gasteiger partial charge on any atom is -0.494 e. The molecule has 3 nitrogen and oxygen atoms in total. The predicted molar refractivity (Wildman–Crippen MR) is 83.3 cm³/mol. The third-order valence-corrected chi connectivity index (χ3v) is 4.99. The molecule has 0 atom stereocenters. The summed E-state index contributed by atoms with van der Waals surface area (Å²) in [5.74, 6) is 1.97. The molecule has 0 unspecified atom stereocenters. The summed E-state index contributed by atoms with van der Waals surface area (Å²) in [5, 5.41) is 0.649. The van der Waals surface area contributed by atoms with Gasteiger partial charge in [0.1, 0.15) is 5.75 Å². The maximum atomic E-state index is 5.71. The lowest BCUT2D eigenvalue weighted by atomic mass is 10.2. The van der Waals surface area contributed by atoms with Crippen LogP contribution in [0.4, 0.5) is 5.13 Å². The number of nitrogens with zero attached hydrogens (tertiary/aromatic N) is 1. The van der Waals surface area contributed by atoms with Crippen LogP contribution in [0.5, 0.6) is 5.75 Å². The molecule has 2 aromatic rings. The number of rotatable bonds is 6. The van der Waals surface area contributed by atoms with Gasteiger partial charge in [-0.2, -0.15) is 0 Å². The van der Waals surface area contributed by atoms with Crippen LogP contribution in [0.15, 0.2) is 28.5 Å². The number of benzene rings is 1. The standard InChI is InChI=1S/C14H18N2OS2/c1-10-5-3-6-12(9-10)17-7-4-8-18-13-11(2)16-14(15)19-13/h3,5-6,9H,4,7-8H2,1-2H3,(H2,15,16).